The van der Waals surface area contributed by atoms with Crippen molar-refractivity contribution >= 4 is 23.7 Å². The number of amides is 2. The fraction of sp³-hybridized carbons (Fsp3) is 0.424. The Hall–Kier alpha value is -3.72. The lowest BCUT2D eigenvalue weighted by molar-refractivity contribution is -0.144. The summed E-state index contributed by atoms with van der Waals surface area (Å²) in [5, 5.41) is 7.58. The normalized spacial score (nSPS) is 22.5. The van der Waals surface area contributed by atoms with Crippen molar-refractivity contribution in [1.29, 1.82) is 5.41 Å². The first kappa shape index (κ1) is 29.8. The predicted molar refractivity (Wildman–Crippen MR) is 157 cm³/mol. The smallest absolute Gasteiger partial charge is 0.339 e. The molecule has 2 atom stereocenters. The van der Waals surface area contributed by atoms with Crippen molar-refractivity contribution in [2.24, 2.45) is 5.92 Å². The number of piperazine rings is 1. The van der Waals surface area contributed by atoms with Gasteiger partial charge in [-0.25, -0.2) is 0 Å². The Morgan fingerprint density at radius 3 is 2.24 bits per heavy atom. The summed E-state index contributed by atoms with van der Waals surface area (Å²) in [7, 11) is 0. The van der Waals surface area contributed by atoms with E-state index >= 15 is 0 Å². The Morgan fingerprint density at radius 1 is 1.02 bits per heavy atom. The number of anilines is 1. The summed E-state index contributed by atoms with van der Waals surface area (Å²) >= 11 is 0. The van der Waals surface area contributed by atoms with Gasteiger partial charge in [-0.05, 0) is 61.6 Å². The van der Waals surface area contributed by atoms with Gasteiger partial charge in [0.25, 0.3) is 0 Å². The molecule has 0 bridgehead atoms. The SMILES string of the molecule is C=C(C)C1=C(C)N(c2cccc(C(F)(F)F)c2)C(=O)C(C(=O)N2CCN(C3CCCC3)CC2)C1c1ccc(C=N)cc1. The lowest BCUT2D eigenvalue weighted by Gasteiger charge is -2.44. The van der Waals surface area contributed by atoms with Crippen LogP contribution in [-0.4, -0.2) is 60.0 Å². The number of carbonyl (C=O) groups is 2. The Balaban J connectivity index is 1.58. The molecule has 2 unspecified atom stereocenters. The molecule has 42 heavy (non-hydrogen) atoms. The molecule has 2 aromatic carbocycles. The molecule has 0 radical (unpaired) electrons. The number of hydrogen-bond acceptors (Lipinski definition) is 4. The molecular weight excluding hydrogens is 541 g/mol. The first-order valence-electron chi connectivity index (χ1n) is 14.5. The molecule has 222 valence electrons. The average molecular weight is 579 g/mol. The number of halogens is 3. The second-order valence-corrected chi connectivity index (χ2v) is 11.6. The zero-order chi connectivity index (χ0) is 30.2. The highest BCUT2D eigenvalue weighted by Gasteiger charge is 2.48. The fourth-order valence-corrected chi connectivity index (χ4v) is 6.86. The highest BCUT2D eigenvalue weighted by atomic mass is 19.4. The maximum atomic E-state index is 14.4. The van der Waals surface area contributed by atoms with Crippen LogP contribution < -0.4 is 4.90 Å². The number of rotatable bonds is 6. The van der Waals surface area contributed by atoms with Gasteiger partial charge >= 0.3 is 6.18 Å². The van der Waals surface area contributed by atoms with Crippen molar-refractivity contribution in [3.05, 3.63) is 88.6 Å². The number of nitrogens with zero attached hydrogens (tertiary/aromatic N) is 3. The van der Waals surface area contributed by atoms with Gasteiger partial charge in [0, 0.05) is 55.7 Å². The third-order valence-corrected chi connectivity index (χ3v) is 8.94. The zero-order valence-corrected chi connectivity index (χ0v) is 24.1. The highest BCUT2D eigenvalue weighted by molar-refractivity contribution is 6.12. The van der Waals surface area contributed by atoms with E-state index in [0.29, 0.717) is 41.5 Å². The number of allylic oxidation sites excluding steroid dienone is 3. The van der Waals surface area contributed by atoms with Crippen LogP contribution in [0.15, 0.2) is 72.0 Å². The first-order valence-corrected chi connectivity index (χ1v) is 14.5. The lowest BCUT2D eigenvalue weighted by Crippen LogP contribution is -2.56. The third kappa shape index (κ3) is 5.67. The van der Waals surface area contributed by atoms with Gasteiger partial charge in [0.05, 0.1) is 5.56 Å². The summed E-state index contributed by atoms with van der Waals surface area (Å²) in [5.41, 5.74) is 2.32. The molecule has 6 nitrogen and oxygen atoms in total. The third-order valence-electron chi connectivity index (χ3n) is 8.94. The van der Waals surface area contributed by atoms with Gasteiger partial charge in [-0.15, -0.1) is 0 Å². The topological polar surface area (TPSA) is 67.7 Å². The highest BCUT2D eigenvalue weighted by Crippen LogP contribution is 2.46. The molecule has 1 N–H and O–H groups in total. The molecule has 2 aliphatic heterocycles. The summed E-state index contributed by atoms with van der Waals surface area (Å²) in [6.45, 7) is 10.1. The molecule has 9 heteroatoms. The maximum absolute atomic E-state index is 14.4. The molecule has 1 aliphatic carbocycles. The molecule has 1 saturated carbocycles. The molecule has 2 aromatic rings. The van der Waals surface area contributed by atoms with E-state index in [1.807, 2.05) is 12.1 Å². The zero-order valence-electron chi connectivity index (χ0n) is 24.1. The molecule has 1 saturated heterocycles. The van der Waals surface area contributed by atoms with Gasteiger partial charge < -0.3 is 10.3 Å². The number of benzene rings is 2. The van der Waals surface area contributed by atoms with Gasteiger partial charge in [-0.2, -0.15) is 13.2 Å². The summed E-state index contributed by atoms with van der Waals surface area (Å²) < 4.78 is 41.0. The fourth-order valence-electron chi connectivity index (χ4n) is 6.86. The van der Waals surface area contributed by atoms with Crippen molar-refractivity contribution in [2.45, 2.75) is 57.7 Å². The van der Waals surface area contributed by atoms with E-state index in [-0.39, 0.29) is 11.6 Å². The minimum absolute atomic E-state index is 0.0625. The standard InChI is InChI=1S/C33H37F3N4O2/c1-21(2)28-22(3)40(27-10-6-7-25(19-27)33(34,35)36)32(42)30(29(28)24-13-11-23(20-37)12-14-24)31(41)39-17-15-38(16-18-39)26-8-4-5-9-26/h6-7,10-14,19-20,26,29-30,37H,1,4-5,8-9,15-18H2,2-3H3. The largest absolute Gasteiger partial charge is 0.416 e. The minimum Gasteiger partial charge on any atom is -0.339 e. The van der Waals surface area contributed by atoms with E-state index in [2.05, 4.69) is 11.5 Å². The van der Waals surface area contributed by atoms with Gasteiger partial charge in [0.1, 0.15) is 5.92 Å². The monoisotopic (exact) mass is 578 g/mol. The van der Waals surface area contributed by atoms with Crippen LogP contribution in [0.25, 0.3) is 0 Å². The van der Waals surface area contributed by atoms with Gasteiger partial charge in [-0.3, -0.25) is 19.4 Å². The van der Waals surface area contributed by atoms with Crippen LogP contribution in [0.5, 0.6) is 0 Å². The van der Waals surface area contributed by atoms with Crippen molar-refractivity contribution < 1.29 is 22.8 Å². The van der Waals surface area contributed by atoms with Gasteiger partial charge in [0.15, 0.2) is 0 Å². The van der Waals surface area contributed by atoms with E-state index in [9.17, 15) is 22.8 Å². The van der Waals surface area contributed by atoms with E-state index < -0.39 is 29.5 Å². The Labute approximate surface area is 245 Å². The van der Waals surface area contributed by atoms with Crippen LogP contribution in [0.3, 0.4) is 0 Å². The van der Waals surface area contributed by atoms with Crippen molar-refractivity contribution in [2.75, 3.05) is 31.1 Å². The second kappa shape index (κ2) is 11.9. The van der Waals surface area contributed by atoms with Crippen molar-refractivity contribution in [1.82, 2.24) is 9.80 Å². The summed E-state index contributed by atoms with van der Waals surface area (Å²) in [6, 6.07) is 12.4. The first-order chi connectivity index (χ1) is 20.0. The molecule has 5 rings (SSSR count). The van der Waals surface area contributed by atoms with Gasteiger partial charge in [0.2, 0.25) is 11.8 Å². The number of alkyl halides is 3. The maximum Gasteiger partial charge on any atom is 0.416 e. The Kier molecular flexibility index (Phi) is 8.42. The average Bonchev–Trinajstić information content (AvgIpc) is 3.51. The molecule has 2 amide bonds. The van der Waals surface area contributed by atoms with Crippen LogP contribution >= 0.6 is 0 Å². The number of hydrogen-bond donors (Lipinski definition) is 1. The Morgan fingerprint density at radius 2 is 1.67 bits per heavy atom. The van der Waals surface area contributed by atoms with Crippen LogP contribution in [0.1, 0.15) is 62.1 Å². The number of carbonyl (C=O) groups excluding carboxylic acids is 2. The molecule has 0 aromatic heterocycles. The molecule has 2 fully saturated rings. The van der Waals surface area contributed by atoms with Crippen LogP contribution in [0.2, 0.25) is 0 Å². The number of nitrogens with one attached hydrogen (secondary N) is 1. The van der Waals surface area contributed by atoms with E-state index in [4.69, 9.17) is 5.41 Å². The van der Waals surface area contributed by atoms with Crippen molar-refractivity contribution in [3.63, 3.8) is 0 Å². The molecule has 2 heterocycles. The van der Waals surface area contributed by atoms with Crippen LogP contribution in [0.4, 0.5) is 18.9 Å². The molecular formula is C33H37F3N4O2. The van der Waals surface area contributed by atoms with E-state index in [1.54, 1.807) is 30.9 Å². The predicted octanol–water partition coefficient (Wildman–Crippen LogP) is 6.39. The summed E-state index contributed by atoms with van der Waals surface area (Å²) in [5.74, 6) is -2.73. The minimum atomic E-state index is -4.59. The molecule has 0 spiro atoms. The second-order valence-electron chi connectivity index (χ2n) is 11.6. The quantitative estimate of drug-likeness (QED) is 0.319. The summed E-state index contributed by atoms with van der Waals surface area (Å²) in [6.07, 6.45) is 1.41. The van der Waals surface area contributed by atoms with E-state index in [1.165, 1.54) is 48.9 Å². The Bertz CT molecular complexity index is 1400. The van der Waals surface area contributed by atoms with Crippen LogP contribution in [-0.2, 0) is 15.8 Å². The summed E-state index contributed by atoms with van der Waals surface area (Å²) in [4.78, 5) is 34.2. The van der Waals surface area contributed by atoms with Gasteiger partial charge in [-0.1, -0.05) is 55.3 Å². The molecule has 3 aliphatic rings. The van der Waals surface area contributed by atoms with E-state index in [0.717, 1.165) is 30.8 Å². The van der Waals surface area contributed by atoms with Crippen molar-refractivity contribution in [3.8, 4) is 0 Å². The van der Waals surface area contributed by atoms with Crippen LogP contribution in [0, 0.1) is 11.3 Å². The lowest BCUT2D eigenvalue weighted by atomic mass is 9.73.